The minimum absolute atomic E-state index is 0.121. The molecule has 0 spiro atoms. The molecule has 2 aliphatic carbocycles. The highest BCUT2D eigenvalue weighted by atomic mass is 32.2. The van der Waals surface area contributed by atoms with Crippen LogP contribution in [-0.4, -0.2) is 17.3 Å². The highest BCUT2D eigenvalue weighted by Crippen LogP contribution is 2.57. The Morgan fingerprint density at radius 1 is 1.24 bits per heavy atom. The molecule has 0 radical (unpaired) electrons. The molecule has 1 saturated heterocycles. The van der Waals surface area contributed by atoms with Crippen LogP contribution in [0, 0.1) is 17.3 Å². The number of fused-ring (bicyclic) bond motifs is 1. The Labute approximate surface area is 111 Å². The summed E-state index contributed by atoms with van der Waals surface area (Å²) < 4.78 is 1.43. The Morgan fingerprint density at radius 3 is 2.53 bits per heavy atom. The topological polar surface area (TPSA) is 17.1 Å². The molecule has 92 valence electrons. The second-order valence-corrected chi connectivity index (χ2v) is 8.06. The largest absolute Gasteiger partial charge is 0.298 e. The molecule has 0 aromatic heterocycles. The Balaban J connectivity index is 1.89. The van der Waals surface area contributed by atoms with Crippen molar-refractivity contribution in [1.29, 1.82) is 0 Å². The SMILES string of the molecule is CC1(C)C(=O)C2C(=C3SCCCCS3)C=CC21. The van der Waals surface area contributed by atoms with Crippen LogP contribution in [0.2, 0.25) is 0 Å². The van der Waals surface area contributed by atoms with Gasteiger partial charge in [0.15, 0.2) is 0 Å². The molecular weight excluding hydrogens is 248 g/mol. The number of Topliss-reactive ketones (excluding diaryl/α,β-unsaturated/α-hetero) is 1. The number of ketones is 1. The summed E-state index contributed by atoms with van der Waals surface area (Å²) >= 11 is 3.92. The van der Waals surface area contributed by atoms with Gasteiger partial charge in [0.1, 0.15) is 5.78 Å². The van der Waals surface area contributed by atoms with Gasteiger partial charge in [-0.1, -0.05) is 26.0 Å². The minimum atomic E-state index is -0.121. The van der Waals surface area contributed by atoms with Gasteiger partial charge in [-0.25, -0.2) is 0 Å². The van der Waals surface area contributed by atoms with Crippen LogP contribution < -0.4 is 0 Å². The fourth-order valence-corrected chi connectivity index (χ4v) is 5.61. The van der Waals surface area contributed by atoms with Crippen molar-refractivity contribution in [3.8, 4) is 0 Å². The van der Waals surface area contributed by atoms with Crippen LogP contribution in [0.5, 0.6) is 0 Å². The van der Waals surface area contributed by atoms with Gasteiger partial charge in [0.2, 0.25) is 0 Å². The van der Waals surface area contributed by atoms with Crippen molar-refractivity contribution in [1.82, 2.24) is 0 Å². The van der Waals surface area contributed by atoms with Crippen molar-refractivity contribution >= 4 is 29.3 Å². The van der Waals surface area contributed by atoms with Gasteiger partial charge in [-0.3, -0.25) is 4.79 Å². The van der Waals surface area contributed by atoms with E-state index in [-0.39, 0.29) is 11.3 Å². The van der Waals surface area contributed by atoms with E-state index in [4.69, 9.17) is 0 Å². The van der Waals surface area contributed by atoms with Gasteiger partial charge >= 0.3 is 0 Å². The predicted molar refractivity (Wildman–Crippen MR) is 76.1 cm³/mol. The highest BCUT2D eigenvalue weighted by molar-refractivity contribution is 8.22. The summed E-state index contributed by atoms with van der Waals surface area (Å²) in [7, 11) is 0. The zero-order valence-electron chi connectivity index (χ0n) is 10.4. The summed E-state index contributed by atoms with van der Waals surface area (Å²) in [6, 6.07) is 0. The van der Waals surface area contributed by atoms with E-state index in [0.29, 0.717) is 11.7 Å². The number of rotatable bonds is 0. The third-order valence-corrected chi connectivity index (χ3v) is 6.86. The normalized spacial score (nSPS) is 35.5. The minimum Gasteiger partial charge on any atom is -0.298 e. The lowest BCUT2D eigenvalue weighted by Crippen LogP contribution is -2.52. The molecule has 2 atom stereocenters. The van der Waals surface area contributed by atoms with E-state index in [2.05, 4.69) is 26.0 Å². The Hall–Kier alpha value is -0.150. The number of allylic oxidation sites excluding steroid dienone is 3. The second kappa shape index (κ2) is 4.20. The van der Waals surface area contributed by atoms with E-state index in [0.717, 1.165) is 0 Å². The summed E-state index contributed by atoms with van der Waals surface area (Å²) in [6.45, 7) is 4.17. The van der Waals surface area contributed by atoms with E-state index in [1.165, 1.54) is 34.2 Å². The lowest BCUT2D eigenvalue weighted by atomic mass is 9.55. The van der Waals surface area contributed by atoms with Gasteiger partial charge in [-0.2, -0.15) is 0 Å². The fourth-order valence-electron chi connectivity index (χ4n) is 2.98. The number of hydrogen-bond acceptors (Lipinski definition) is 3. The Bertz CT molecular complexity index is 410. The van der Waals surface area contributed by atoms with Crippen LogP contribution >= 0.6 is 23.5 Å². The molecule has 0 aromatic carbocycles. The quantitative estimate of drug-likeness (QED) is 0.662. The smallest absolute Gasteiger partial charge is 0.147 e. The predicted octanol–water partition coefficient (Wildman–Crippen LogP) is 3.87. The van der Waals surface area contributed by atoms with E-state index < -0.39 is 0 Å². The molecule has 3 aliphatic rings. The molecular formula is C14H18OS2. The van der Waals surface area contributed by atoms with Crippen molar-refractivity contribution in [2.45, 2.75) is 26.7 Å². The van der Waals surface area contributed by atoms with Gasteiger partial charge < -0.3 is 0 Å². The van der Waals surface area contributed by atoms with Crippen molar-refractivity contribution < 1.29 is 4.79 Å². The van der Waals surface area contributed by atoms with Crippen LogP contribution in [0.3, 0.4) is 0 Å². The van der Waals surface area contributed by atoms with Crippen molar-refractivity contribution in [2.75, 3.05) is 11.5 Å². The lowest BCUT2D eigenvalue weighted by Gasteiger charge is -2.46. The monoisotopic (exact) mass is 266 g/mol. The average molecular weight is 266 g/mol. The van der Waals surface area contributed by atoms with Crippen LogP contribution in [0.15, 0.2) is 22.0 Å². The zero-order valence-corrected chi connectivity index (χ0v) is 12.0. The number of hydrogen-bond donors (Lipinski definition) is 0. The maximum absolute atomic E-state index is 12.2. The first kappa shape index (κ1) is 11.9. The van der Waals surface area contributed by atoms with Gasteiger partial charge in [-0.15, -0.1) is 23.5 Å². The molecule has 3 heteroatoms. The third-order valence-electron chi connectivity index (χ3n) is 4.17. The molecule has 0 N–H and O–H groups in total. The lowest BCUT2D eigenvalue weighted by molar-refractivity contribution is -0.145. The van der Waals surface area contributed by atoms with Gasteiger partial charge in [0.25, 0.3) is 0 Å². The van der Waals surface area contributed by atoms with E-state index in [9.17, 15) is 4.79 Å². The molecule has 0 aromatic rings. The molecule has 1 aliphatic heterocycles. The first-order chi connectivity index (χ1) is 8.12. The van der Waals surface area contributed by atoms with Crippen LogP contribution in [0.4, 0.5) is 0 Å². The molecule has 2 unspecified atom stereocenters. The number of carbonyl (C=O) groups excluding carboxylic acids is 1. The van der Waals surface area contributed by atoms with E-state index >= 15 is 0 Å². The van der Waals surface area contributed by atoms with Gasteiger partial charge in [-0.05, 0) is 29.9 Å². The van der Waals surface area contributed by atoms with Crippen LogP contribution in [0.25, 0.3) is 0 Å². The number of carbonyl (C=O) groups is 1. The molecule has 3 rings (SSSR count). The third kappa shape index (κ3) is 1.74. The molecule has 1 heterocycles. The Morgan fingerprint density at radius 2 is 1.88 bits per heavy atom. The summed E-state index contributed by atoms with van der Waals surface area (Å²) in [5, 5.41) is 0. The summed E-state index contributed by atoms with van der Waals surface area (Å²) in [4.78, 5) is 12.2. The summed E-state index contributed by atoms with van der Waals surface area (Å²) in [5.74, 6) is 3.53. The van der Waals surface area contributed by atoms with Crippen molar-refractivity contribution in [3.05, 3.63) is 22.0 Å². The fraction of sp³-hybridized carbons (Fsp3) is 0.643. The second-order valence-electron chi connectivity index (χ2n) is 5.60. The first-order valence-electron chi connectivity index (χ1n) is 6.34. The van der Waals surface area contributed by atoms with E-state index in [1.807, 2.05) is 23.5 Å². The number of thioether (sulfide) groups is 2. The van der Waals surface area contributed by atoms with Gasteiger partial charge in [0.05, 0.1) is 5.92 Å². The molecule has 1 nitrogen and oxygen atoms in total. The average Bonchev–Trinajstić information content (AvgIpc) is 2.54. The van der Waals surface area contributed by atoms with Crippen LogP contribution in [0.1, 0.15) is 26.7 Å². The van der Waals surface area contributed by atoms with Crippen molar-refractivity contribution in [3.63, 3.8) is 0 Å². The molecule has 2 fully saturated rings. The molecule has 1 saturated carbocycles. The molecule has 0 bridgehead atoms. The highest BCUT2D eigenvalue weighted by Gasteiger charge is 2.58. The maximum atomic E-state index is 12.2. The van der Waals surface area contributed by atoms with E-state index in [1.54, 1.807) is 0 Å². The maximum Gasteiger partial charge on any atom is 0.147 e. The zero-order chi connectivity index (χ0) is 12.0. The summed E-state index contributed by atoms with van der Waals surface area (Å²) in [5.41, 5.74) is 1.21. The molecule has 17 heavy (non-hydrogen) atoms. The first-order valence-corrected chi connectivity index (χ1v) is 8.32. The van der Waals surface area contributed by atoms with Crippen molar-refractivity contribution in [2.24, 2.45) is 17.3 Å². The van der Waals surface area contributed by atoms with Crippen LogP contribution in [-0.2, 0) is 4.79 Å². The molecule has 0 amide bonds. The Kier molecular flexibility index (Phi) is 2.94. The standard InChI is InChI=1S/C14H18OS2/c1-14(2)10-6-5-9(11(10)12(14)15)13-16-7-3-4-8-17-13/h5-6,10-11H,3-4,7-8H2,1-2H3. The summed E-state index contributed by atoms with van der Waals surface area (Å²) in [6.07, 6.45) is 7.11. The van der Waals surface area contributed by atoms with Gasteiger partial charge in [0, 0.05) is 15.6 Å².